The molecule has 3 rings (SSSR count). The zero-order chi connectivity index (χ0) is 18.5. The molecule has 0 atom stereocenters. The van der Waals surface area contributed by atoms with E-state index in [2.05, 4.69) is 10.3 Å². The lowest BCUT2D eigenvalue weighted by atomic mass is 10.2. The normalized spacial score (nSPS) is 10.7. The Bertz CT molecular complexity index is 907. The summed E-state index contributed by atoms with van der Waals surface area (Å²) in [5.74, 6) is 0.325. The predicted octanol–water partition coefficient (Wildman–Crippen LogP) is 5.11. The molecular formula is C18H17ClN2O3S2. The van der Waals surface area contributed by atoms with Crippen molar-refractivity contribution in [1.82, 2.24) is 4.98 Å². The molecule has 26 heavy (non-hydrogen) atoms. The highest BCUT2D eigenvalue weighted by Gasteiger charge is 2.15. The molecule has 0 saturated heterocycles. The van der Waals surface area contributed by atoms with Crippen LogP contribution in [0.4, 0.5) is 5.69 Å². The fourth-order valence-electron chi connectivity index (χ4n) is 2.19. The van der Waals surface area contributed by atoms with E-state index in [-0.39, 0.29) is 5.91 Å². The van der Waals surface area contributed by atoms with Crippen molar-refractivity contribution in [1.29, 1.82) is 0 Å². The number of carbonyl (C=O) groups is 1. The van der Waals surface area contributed by atoms with Crippen molar-refractivity contribution in [2.75, 3.05) is 25.6 Å². The fourth-order valence-corrected chi connectivity index (χ4v) is 4.11. The minimum absolute atomic E-state index is 0.282. The van der Waals surface area contributed by atoms with E-state index in [1.54, 1.807) is 12.5 Å². The van der Waals surface area contributed by atoms with Crippen LogP contribution in [-0.2, 0) is 4.74 Å². The quantitative estimate of drug-likeness (QED) is 0.552. The third-order valence-corrected chi connectivity index (χ3v) is 5.69. The van der Waals surface area contributed by atoms with Crippen LogP contribution >= 0.6 is 34.3 Å². The van der Waals surface area contributed by atoms with Gasteiger partial charge in [0.1, 0.15) is 23.1 Å². The van der Waals surface area contributed by atoms with Gasteiger partial charge < -0.3 is 14.8 Å². The molecule has 0 aliphatic carbocycles. The van der Waals surface area contributed by atoms with Gasteiger partial charge in [-0.25, -0.2) is 4.98 Å². The molecule has 0 radical (unpaired) electrons. The van der Waals surface area contributed by atoms with Gasteiger partial charge >= 0.3 is 0 Å². The number of ether oxygens (including phenoxy) is 2. The number of amides is 1. The molecule has 1 aromatic carbocycles. The number of methoxy groups -OCH3 is 1. The molecule has 0 fully saturated rings. The number of thiophene rings is 1. The highest BCUT2D eigenvalue weighted by atomic mass is 35.5. The summed E-state index contributed by atoms with van der Waals surface area (Å²) in [6.45, 7) is 2.84. The number of benzene rings is 1. The number of carbonyl (C=O) groups excluding carboxylic acids is 1. The first-order chi connectivity index (χ1) is 12.6. The number of nitrogens with zero attached hydrogens (tertiary/aromatic N) is 1. The number of halogens is 1. The van der Waals surface area contributed by atoms with Gasteiger partial charge in [-0.15, -0.1) is 22.7 Å². The summed E-state index contributed by atoms with van der Waals surface area (Å²) < 4.78 is 11.4. The average Bonchev–Trinajstić information content (AvgIpc) is 3.26. The van der Waals surface area contributed by atoms with E-state index < -0.39 is 0 Å². The number of hydrogen-bond acceptors (Lipinski definition) is 6. The number of nitrogens with one attached hydrogen (secondary N) is 1. The van der Waals surface area contributed by atoms with Crippen LogP contribution in [-0.4, -0.2) is 31.2 Å². The minimum Gasteiger partial charge on any atom is -0.489 e. The van der Waals surface area contributed by atoms with Gasteiger partial charge in [-0.2, -0.15) is 0 Å². The topological polar surface area (TPSA) is 60.5 Å². The van der Waals surface area contributed by atoms with Gasteiger partial charge in [-0.1, -0.05) is 17.7 Å². The number of thiazole rings is 1. The van der Waals surface area contributed by atoms with E-state index in [4.69, 9.17) is 21.1 Å². The molecule has 0 bridgehead atoms. The lowest BCUT2D eigenvalue weighted by Gasteiger charge is -2.12. The molecule has 1 N–H and O–H groups in total. The first-order valence-corrected chi connectivity index (χ1v) is 9.89. The zero-order valence-corrected chi connectivity index (χ0v) is 16.6. The molecule has 3 aromatic rings. The number of aryl methyl sites for hydroxylation is 1. The molecular weight excluding hydrogens is 392 g/mol. The Hall–Kier alpha value is -1.93. The zero-order valence-electron chi connectivity index (χ0n) is 14.2. The third-order valence-electron chi connectivity index (χ3n) is 3.45. The Morgan fingerprint density at radius 1 is 1.27 bits per heavy atom. The summed E-state index contributed by atoms with van der Waals surface area (Å²) in [6.07, 6.45) is 0. The smallest absolute Gasteiger partial charge is 0.275 e. The Morgan fingerprint density at radius 3 is 2.85 bits per heavy atom. The maximum atomic E-state index is 12.6. The van der Waals surface area contributed by atoms with Gasteiger partial charge in [0.05, 0.1) is 21.5 Å². The molecule has 5 nitrogen and oxygen atoms in total. The van der Waals surface area contributed by atoms with Gasteiger partial charge in [-0.05, 0) is 36.8 Å². The lowest BCUT2D eigenvalue weighted by Crippen LogP contribution is -2.14. The Balaban J connectivity index is 1.74. The van der Waals surface area contributed by atoms with Crippen LogP contribution in [0.15, 0.2) is 35.7 Å². The van der Waals surface area contributed by atoms with Crippen molar-refractivity contribution in [2.45, 2.75) is 6.92 Å². The maximum absolute atomic E-state index is 12.6. The van der Waals surface area contributed by atoms with Gasteiger partial charge in [-0.3, -0.25) is 4.79 Å². The molecule has 2 aromatic heterocycles. The summed E-state index contributed by atoms with van der Waals surface area (Å²) in [6, 6.07) is 9.33. The molecule has 0 unspecified atom stereocenters. The van der Waals surface area contributed by atoms with Crippen LogP contribution in [0.1, 0.15) is 16.1 Å². The number of rotatable bonds is 7. The predicted molar refractivity (Wildman–Crippen MR) is 107 cm³/mol. The van der Waals surface area contributed by atoms with Crippen molar-refractivity contribution in [3.05, 3.63) is 51.3 Å². The molecule has 0 aliphatic heterocycles. The molecule has 8 heteroatoms. The Labute approximate surface area is 164 Å². The molecule has 0 spiro atoms. The maximum Gasteiger partial charge on any atom is 0.275 e. The summed E-state index contributed by atoms with van der Waals surface area (Å²) in [7, 11) is 1.61. The van der Waals surface area contributed by atoms with Gasteiger partial charge in [0, 0.05) is 12.5 Å². The second-order valence-electron chi connectivity index (χ2n) is 5.44. The molecule has 1 amide bonds. The summed E-state index contributed by atoms with van der Waals surface area (Å²) in [5, 5.41) is 5.37. The van der Waals surface area contributed by atoms with Crippen molar-refractivity contribution in [2.24, 2.45) is 0 Å². The minimum atomic E-state index is -0.282. The molecule has 0 aliphatic rings. The van der Waals surface area contributed by atoms with Gasteiger partial charge in [0.15, 0.2) is 0 Å². The third kappa shape index (κ3) is 4.62. The Morgan fingerprint density at radius 2 is 2.12 bits per heavy atom. The summed E-state index contributed by atoms with van der Waals surface area (Å²) >= 11 is 8.81. The number of hydrogen-bond donors (Lipinski definition) is 1. The van der Waals surface area contributed by atoms with Crippen LogP contribution in [0.25, 0.3) is 9.88 Å². The Kier molecular flexibility index (Phi) is 6.26. The average molecular weight is 409 g/mol. The van der Waals surface area contributed by atoms with Crippen molar-refractivity contribution >= 4 is 45.9 Å². The molecule has 0 saturated carbocycles. The van der Waals surface area contributed by atoms with E-state index in [1.807, 2.05) is 37.3 Å². The van der Waals surface area contributed by atoms with Crippen molar-refractivity contribution in [3.63, 3.8) is 0 Å². The highest BCUT2D eigenvalue weighted by Crippen LogP contribution is 2.33. The highest BCUT2D eigenvalue weighted by molar-refractivity contribution is 7.23. The van der Waals surface area contributed by atoms with E-state index >= 15 is 0 Å². The fraction of sp³-hybridized carbons (Fsp3) is 0.222. The second-order valence-corrected chi connectivity index (χ2v) is 8.01. The number of anilines is 1. The van der Waals surface area contributed by atoms with E-state index in [0.717, 1.165) is 15.4 Å². The van der Waals surface area contributed by atoms with E-state index in [1.165, 1.54) is 22.7 Å². The SMILES string of the molecule is COCCOc1cc(C)ccc1NC(=O)c1csc(-c2ccc(Cl)s2)n1. The van der Waals surface area contributed by atoms with Gasteiger partial charge in [0.25, 0.3) is 5.91 Å². The van der Waals surface area contributed by atoms with Crippen molar-refractivity contribution < 1.29 is 14.3 Å². The van der Waals surface area contributed by atoms with Crippen LogP contribution in [0.2, 0.25) is 4.34 Å². The summed E-state index contributed by atoms with van der Waals surface area (Å²) in [5.41, 5.74) is 2.00. The summed E-state index contributed by atoms with van der Waals surface area (Å²) in [4.78, 5) is 17.9. The first kappa shape index (κ1) is 18.8. The first-order valence-electron chi connectivity index (χ1n) is 7.82. The van der Waals surface area contributed by atoms with Crippen LogP contribution in [0, 0.1) is 6.92 Å². The van der Waals surface area contributed by atoms with Gasteiger partial charge in [0.2, 0.25) is 0 Å². The van der Waals surface area contributed by atoms with Crippen LogP contribution in [0.5, 0.6) is 5.75 Å². The molecule has 2 heterocycles. The van der Waals surface area contributed by atoms with Crippen LogP contribution < -0.4 is 10.1 Å². The van der Waals surface area contributed by atoms with Crippen molar-refractivity contribution in [3.8, 4) is 15.6 Å². The molecule has 136 valence electrons. The standard InChI is InChI=1S/C18H17ClN2O3S2/c1-11-3-4-12(14(9-11)24-8-7-23-2)20-17(22)13-10-25-18(21-13)15-5-6-16(19)26-15/h3-6,9-10H,7-8H2,1-2H3,(H,20,22). The van der Waals surface area contributed by atoms with Crippen LogP contribution in [0.3, 0.4) is 0 Å². The number of aromatic nitrogens is 1. The lowest BCUT2D eigenvalue weighted by molar-refractivity contribution is 0.102. The monoisotopic (exact) mass is 408 g/mol. The van der Waals surface area contributed by atoms with E-state index in [0.29, 0.717) is 34.7 Å². The second kappa shape index (κ2) is 8.64. The van der Waals surface area contributed by atoms with E-state index in [9.17, 15) is 4.79 Å². The largest absolute Gasteiger partial charge is 0.489 e.